The molecule has 2 aliphatic rings. The van der Waals surface area contributed by atoms with Gasteiger partial charge in [0.15, 0.2) is 5.82 Å². The lowest BCUT2D eigenvalue weighted by Crippen LogP contribution is -2.29. The van der Waals surface area contributed by atoms with Crippen LogP contribution in [0.15, 0.2) is 30.6 Å². The van der Waals surface area contributed by atoms with Crippen LogP contribution in [0.2, 0.25) is 0 Å². The summed E-state index contributed by atoms with van der Waals surface area (Å²) in [4.78, 5) is 30.2. The van der Waals surface area contributed by atoms with Gasteiger partial charge in [-0.25, -0.2) is 9.37 Å². The number of fused-ring (bicyclic) bond motifs is 1. The number of hydrogen-bond donors (Lipinski definition) is 2. The van der Waals surface area contributed by atoms with E-state index in [-0.39, 0.29) is 24.3 Å². The molecule has 0 aromatic carbocycles. The van der Waals surface area contributed by atoms with E-state index in [4.69, 9.17) is 0 Å². The molecule has 5 rings (SSSR count). The molecule has 3 aromatic rings. The first-order chi connectivity index (χ1) is 13.6. The zero-order valence-corrected chi connectivity index (χ0v) is 15.1. The summed E-state index contributed by atoms with van der Waals surface area (Å²) in [5, 5.41) is 9.80. The highest BCUT2D eigenvalue weighted by molar-refractivity contribution is 5.94. The summed E-state index contributed by atoms with van der Waals surface area (Å²) in [5.74, 6) is 0.398. The molecule has 1 atom stereocenters. The van der Waals surface area contributed by atoms with Gasteiger partial charge in [-0.05, 0) is 37.5 Å². The highest BCUT2D eigenvalue weighted by atomic mass is 19.1. The lowest BCUT2D eigenvalue weighted by atomic mass is 10.2. The van der Waals surface area contributed by atoms with Crippen molar-refractivity contribution in [3.63, 3.8) is 0 Å². The van der Waals surface area contributed by atoms with E-state index in [1.807, 2.05) is 22.7 Å². The van der Waals surface area contributed by atoms with Gasteiger partial charge in [-0.1, -0.05) is 0 Å². The van der Waals surface area contributed by atoms with Gasteiger partial charge in [0.2, 0.25) is 5.91 Å². The number of hydrogen-bond acceptors (Lipinski definition) is 4. The molecule has 1 saturated heterocycles. The Morgan fingerprint density at radius 3 is 2.82 bits per heavy atom. The van der Waals surface area contributed by atoms with Gasteiger partial charge in [-0.15, -0.1) is 0 Å². The third kappa shape index (κ3) is 3.12. The van der Waals surface area contributed by atoms with E-state index >= 15 is 0 Å². The first-order valence-corrected chi connectivity index (χ1v) is 9.35. The van der Waals surface area contributed by atoms with Gasteiger partial charge in [0.05, 0.1) is 18.4 Å². The third-order valence-electron chi connectivity index (χ3n) is 5.17. The number of aromatic nitrogens is 4. The highest BCUT2D eigenvalue weighted by Gasteiger charge is 2.30. The first-order valence-electron chi connectivity index (χ1n) is 9.35. The van der Waals surface area contributed by atoms with Gasteiger partial charge >= 0.3 is 0 Å². The highest BCUT2D eigenvalue weighted by Crippen LogP contribution is 2.30. The summed E-state index contributed by atoms with van der Waals surface area (Å²) < 4.78 is 15.2. The van der Waals surface area contributed by atoms with Crippen molar-refractivity contribution < 1.29 is 14.0 Å². The number of anilines is 1. The van der Waals surface area contributed by atoms with E-state index in [2.05, 4.69) is 20.5 Å². The molecule has 8 nitrogen and oxygen atoms in total. The number of imidazole rings is 1. The maximum absolute atomic E-state index is 13.3. The Hall–Kier alpha value is -3.23. The second kappa shape index (κ2) is 6.43. The van der Waals surface area contributed by atoms with Crippen LogP contribution in [0.3, 0.4) is 0 Å². The van der Waals surface area contributed by atoms with Crippen LogP contribution in [0.1, 0.15) is 29.8 Å². The topological polar surface area (TPSA) is 95.4 Å². The molecule has 0 bridgehead atoms. The maximum atomic E-state index is 13.3. The number of halogens is 1. The van der Waals surface area contributed by atoms with Crippen LogP contribution in [0.5, 0.6) is 0 Å². The van der Waals surface area contributed by atoms with Crippen LogP contribution in [-0.4, -0.2) is 55.6 Å². The third-order valence-corrected chi connectivity index (χ3v) is 5.17. The summed E-state index contributed by atoms with van der Waals surface area (Å²) in [6, 6.07) is 5.35. The van der Waals surface area contributed by atoms with Crippen molar-refractivity contribution in [1.29, 1.82) is 0 Å². The van der Waals surface area contributed by atoms with Gasteiger partial charge < -0.3 is 14.6 Å². The fraction of sp³-hybridized carbons (Fsp3) is 0.368. The Bertz CT molecular complexity index is 1070. The normalized spacial score (nSPS) is 19.3. The molecule has 0 spiro atoms. The molecule has 2 N–H and O–H groups in total. The Kier molecular flexibility index (Phi) is 3.88. The Balaban J connectivity index is 1.36. The second-order valence-corrected chi connectivity index (χ2v) is 7.38. The number of likely N-dealkylation sites (tertiary alicyclic amines) is 1. The lowest BCUT2D eigenvalue weighted by Gasteiger charge is -2.13. The molecule has 0 radical (unpaired) electrons. The maximum Gasteiger partial charge on any atom is 0.271 e. The van der Waals surface area contributed by atoms with E-state index in [1.54, 1.807) is 12.3 Å². The lowest BCUT2D eigenvalue weighted by molar-refractivity contribution is -0.117. The molecule has 1 unspecified atom stereocenters. The molecule has 28 heavy (non-hydrogen) atoms. The van der Waals surface area contributed by atoms with Gasteiger partial charge in [0.25, 0.3) is 5.91 Å². The van der Waals surface area contributed by atoms with Crippen molar-refractivity contribution in [2.24, 2.45) is 5.92 Å². The summed E-state index contributed by atoms with van der Waals surface area (Å²) in [5.41, 5.74) is 2.45. The number of rotatable bonds is 4. The quantitative estimate of drug-likeness (QED) is 0.724. The molecular formula is C19H19FN6O2. The monoisotopic (exact) mass is 382 g/mol. The van der Waals surface area contributed by atoms with Crippen LogP contribution < -0.4 is 5.32 Å². The average Bonchev–Trinajstić information content (AvgIpc) is 3.08. The summed E-state index contributed by atoms with van der Waals surface area (Å²) in [6.45, 7) is 0.550. The van der Waals surface area contributed by atoms with Crippen LogP contribution in [0.4, 0.5) is 10.2 Å². The van der Waals surface area contributed by atoms with E-state index in [9.17, 15) is 14.0 Å². The number of alkyl halides is 1. The van der Waals surface area contributed by atoms with Gasteiger partial charge in [0, 0.05) is 24.2 Å². The van der Waals surface area contributed by atoms with Crippen molar-refractivity contribution in [3.05, 3.63) is 36.3 Å². The van der Waals surface area contributed by atoms with E-state index in [1.165, 1.54) is 4.90 Å². The van der Waals surface area contributed by atoms with Crippen LogP contribution >= 0.6 is 0 Å². The molecule has 9 heteroatoms. The molecule has 1 saturated carbocycles. The van der Waals surface area contributed by atoms with E-state index in [0.29, 0.717) is 35.8 Å². The Morgan fingerprint density at radius 1 is 1.21 bits per heavy atom. The summed E-state index contributed by atoms with van der Waals surface area (Å²) >= 11 is 0. The first kappa shape index (κ1) is 16.9. The summed E-state index contributed by atoms with van der Waals surface area (Å²) in [7, 11) is 0. The zero-order valence-electron chi connectivity index (χ0n) is 15.1. The number of carbonyl (C=O) groups is 2. The molecule has 1 aliphatic heterocycles. The Labute approximate surface area is 159 Å². The summed E-state index contributed by atoms with van der Waals surface area (Å²) in [6.07, 6.45) is 4.89. The molecule has 2 fully saturated rings. The molecule has 1 aliphatic carbocycles. The predicted molar refractivity (Wildman–Crippen MR) is 99.5 cm³/mol. The predicted octanol–water partition coefficient (Wildman–Crippen LogP) is 2.26. The van der Waals surface area contributed by atoms with Crippen molar-refractivity contribution in [2.45, 2.75) is 25.4 Å². The molecular weight excluding hydrogens is 363 g/mol. The minimum atomic E-state index is -0.954. The Morgan fingerprint density at radius 2 is 2.07 bits per heavy atom. The minimum Gasteiger partial charge on any atom is -0.334 e. The fourth-order valence-corrected chi connectivity index (χ4v) is 3.43. The minimum absolute atomic E-state index is 0.0107. The van der Waals surface area contributed by atoms with E-state index in [0.717, 1.165) is 18.4 Å². The van der Waals surface area contributed by atoms with Gasteiger partial charge in [0.1, 0.15) is 17.5 Å². The number of carbonyl (C=O) groups excluding carboxylic acids is 2. The SMILES string of the molecule is O=C(Nc1cn2cc(-c3cc(C(=O)N4CCC(F)C4)[nH]n3)ccc2n1)C1CC1. The van der Waals surface area contributed by atoms with Crippen molar-refractivity contribution in [1.82, 2.24) is 24.5 Å². The molecule has 4 heterocycles. The molecule has 144 valence electrons. The number of nitrogens with one attached hydrogen (secondary N) is 2. The fourth-order valence-electron chi connectivity index (χ4n) is 3.43. The number of pyridine rings is 1. The van der Waals surface area contributed by atoms with Crippen molar-refractivity contribution in [2.75, 3.05) is 18.4 Å². The number of amides is 2. The largest absolute Gasteiger partial charge is 0.334 e. The van der Waals surface area contributed by atoms with E-state index < -0.39 is 6.17 Å². The smallest absolute Gasteiger partial charge is 0.271 e. The number of nitrogens with zero attached hydrogens (tertiary/aromatic N) is 4. The molecule has 3 aromatic heterocycles. The number of aromatic amines is 1. The average molecular weight is 382 g/mol. The van der Waals surface area contributed by atoms with Gasteiger partial charge in [-0.2, -0.15) is 5.10 Å². The van der Waals surface area contributed by atoms with Gasteiger partial charge in [-0.3, -0.25) is 14.7 Å². The zero-order chi connectivity index (χ0) is 19.3. The van der Waals surface area contributed by atoms with Crippen LogP contribution in [0, 0.1) is 5.92 Å². The molecule has 2 amide bonds. The van der Waals surface area contributed by atoms with Crippen molar-refractivity contribution >= 4 is 23.3 Å². The standard InChI is InChI=1S/C19H19FN6O2/c20-13-5-6-25(9-13)19(28)15-7-14(23-24-15)12-3-4-17-21-16(10-26(17)8-12)22-18(27)11-1-2-11/h3-4,7-8,10-11,13H,1-2,5-6,9H2,(H,22,27)(H,23,24). The van der Waals surface area contributed by atoms with Crippen molar-refractivity contribution in [3.8, 4) is 11.3 Å². The second-order valence-electron chi connectivity index (χ2n) is 7.38. The van der Waals surface area contributed by atoms with Crippen LogP contribution in [0.25, 0.3) is 16.9 Å². The number of H-pyrrole nitrogens is 1. The van der Waals surface area contributed by atoms with Crippen LogP contribution in [-0.2, 0) is 4.79 Å².